The van der Waals surface area contributed by atoms with E-state index >= 15 is 0 Å². The summed E-state index contributed by atoms with van der Waals surface area (Å²) in [6, 6.07) is 6.17. The molecular weight excluding hydrogens is 208 g/mol. The number of aromatic nitrogens is 2. The first-order chi connectivity index (χ1) is 7.42. The monoisotopic (exact) mass is 222 g/mol. The van der Waals surface area contributed by atoms with E-state index in [9.17, 15) is 0 Å². The molecule has 0 saturated carbocycles. The molecule has 0 unspecified atom stereocenters. The van der Waals surface area contributed by atoms with Crippen LogP contribution in [0.5, 0.6) is 0 Å². The molecular formula is C11H14N2OS. The van der Waals surface area contributed by atoms with Crippen LogP contribution in [0, 0.1) is 0 Å². The van der Waals surface area contributed by atoms with Gasteiger partial charge in [0.2, 0.25) is 0 Å². The van der Waals surface area contributed by atoms with Crippen LogP contribution in [0.25, 0.3) is 5.65 Å². The number of nitrogens with zero attached hydrogens (tertiary/aromatic N) is 2. The summed E-state index contributed by atoms with van der Waals surface area (Å²) >= 11 is 1.84. The number of thioether (sulfide) groups is 1. The lowest BCUT2D eigenvalue weighted by atomic mass is 10.5. The van der Waals surface area contributed by atoms with E-state index in [0.717, 1.165) is 24.4 Å². The van der Waals surface area contributed by atoms with Gasteiger partial charge in [-0.25, -0.2) is 4.98 Å². The standard InChI is InChI=1S/C11H14N2OS/c1-14-8-3-9-15-11-5-2-4-10-12-6-7-13(10)11/h2,4-7H,3,8-9H2,1H3. The fourth-order valence-electron chi connectivity index (χ4n) is 1.42. The fraction of sp³-hybridized carbons (Fsp3) is 0.364. The zero-order valence-corrected chi connectivity index (χ0v) is 9.54. The van der Waals surface area contributed by atoms with Crippen molar-refractivity contribution < 1.29 is 4.74 Å². The van der Waals surface area contributed by atoms with Gasteiger partial charge in [0.1, 0.15) is 5.65 Å². The van der Waals surface area contributed by atoms with E-state index in [1.165, 1.54) is 5.03 Å². The van der Waals surface area contributed by atoms with Crippen molar-refractivity contribution in [1.82, 2.24) is 9.38 Å². The Kier molecular flexibility index (Phi) is 3.64. The summed E-state index contributed by atoms with van der Waals surface area (Å²) in [5.41, 5.74) is 1.01. The molecule has 0 radical (unpaired) electrons. The van der Waals surface area contributed by atoms with E-state index in [-0.39, 0.29) is 0 Å². The third kappa shape index (κ3) is 2.52. The van der Waals surface area contributed by atoms with Crippen LogP contribution < -0.4 is 0 Å². The van der Waals surface area contributed by atoms with Gasteiger partial charge >= 0.3 is 0 Å². The Balaban J connectivity index is 2.04. The highest BCUT2D eigenvalue weighted by atomic mass is 32.2. The molecule has 0 aliphatic rings. The van der Waals surface area contributed by atoms with Crippen molar-refractivity contribution in [3.63, 3.8) is 0 Å². The third-order valence-corrected chi connectivity index (χ3v) is 3.25. The lowest BCUT2D eigenvalue weighted by Crippen LogP contribution is -1.93. The molecule has 15 heavy (non-hydrogen) atoms. The molecule has 2 rings (SSSR count). The number of hydrogen-bond acceptors (Lipinski definition) is 3. The molecule has 2 aromatic heterocycles. The summed E-state index contributed by atoms with van der Waals surface area (Å²) < 4.78 is 7.13. The van der Waals surface area contributed by atoms with E-state index < -0.39 is 0 Å². The molecule has 80 valence electrons. The van der Waals surface area contributed by atoms with Gasteiger partial charge in [-0.1, -0.05) is 6.07 Å². The Hall–Kier alpha value is -1.00. The first kappa shape index (κ1) is 10.5. The van der Waals surface area contributed by atoms with Crippen molar-refractivity contribution in [3.05, 3.63) is 30.6 Å². The first-order valence-electron chi connectivity index (χ1n) is 4.95. The minimum atomic E-state index is 0.826. The van der Waals surface area contributed by atoms with Crippen LogP contribution in [0.2, 0.25) is 0 Å². The van der Waals surface area contributed by atoms with E-state index in [1.54, 1.807) is 7.11 Å². The van der Waals surface area contributed by atoms with Gasteiger partial charge in [0.15, 0.2) is 0 Å². The van der Waals surface area contributed by atoms with Crippen LogP contribution in [0.1, 0.15) is 6.42 Å². The number of hydrogen-bond donors (Lipinski definition) is 0. The van der Waals surface area contributed by atoms with Crippen LogP contribution in [0.3, 0.4) is 0 Å². The highest BCUT2D eigenvalue weighted by Crippen LogP contribution is 2.19. The third-order valence-electron chi connectivity index (χ3n) is 2.13. The minimum absolute atomic E-state index is 0.826. The number of methoxy groups -OCH3 is 1. The molecule has 0 atom stereocenters. The molecule has 3 nitrogen and oxygen atoms in total. The molecule has 0 aromatic carbocycles. The van der Waals surface area contributed by atoms with Crippen molar-refractivity contribution in [2.24, 2.45) is 0 Å². The second kappa shape index (κ2) is 5.19. The quantitative estimate of drug-likeness (QED) is 0.574. The average Bonchev–Trinajstić information content (AvgIpc) is 2.73. The van der Waals surface area contributed by atoms with E-state index in [0.29, 0.717) is 0 Å². The van der Waals surface area contributed by atoms with E-state index in [1.807, 2.05) is 36.3 Å². The number of fused-ring (bicyclic) bond motifs is 1. The molecule has 2 heterocycles. The molecule has 0 fully saturated rings. The summed E-state index contributed by atoms with van der Waals surface area (Å²) in [5, 5.41) is 1.24. The topological polar surface area (TPSA) is 26.5 Å². The molecule has 0 aliphatic heterocycles. The fourth-order valence-corrected chi connectivity index (χ4v) is 2.36. The Morgan fingerprint density at radius 2 is 2.40 bits per heavy atom. The molecule has 4 heteroatoms. The summed E-state index contributed by atoms with van der Waals surface area (Å²) in [4.78, 5) is 4.25. The summed E-state index contributed by atoms with van der Waals surface area (Å²) in [6.07, 6.45) is 4.90. The predicted molar refractivity (Wildman–Crippen MR) is 62.4 cm³/mol. The van der Waals surface area contributed by atoms with Crippen LogP contribution in [0.15, 0.2) is 35.6 Å². The zero-order chi connectivity index (χ0) is 10.5. The lowest BCUT2D eigenvalue weighted by Gasteiger charge is -2.04. The smallest absolute Gasteiger partial charge is 0.137 e. The number of pyridine rings is 1. The number of ether oxygens (including phenoxy) is 1. The number of imidazole rings is 1. The van der Waals surface area contributed by atoms with Gasteiger partial charge in [0.05, 0.1) is 5.03 Å². The van der Waals surface area contributed by atoms with Crippen LogP contribution in [0.4, 0.5) is 0 Å². The van der Waals surface area contributed by atoms with Gasteiger partial charge in [-0.3, -0.25) is 4.40 Å². The summed E-state index contributed by atoms with van der Waals surface area (Å²) in [6.45, 7) is 0.826. The normalized spacial score (nSPS) is 11.0. The zero-order valence-electron chi connectivity index (χ0n) is 8.72. The van der Waals surface area contributed by atoms with Crippen LogP contribution in [-0.4, -0.2) is 28.9 Å². The molecule has 0 saturated heterocycles. The highest BCUT2D eigenvalue weighted by molar-refractivity contribution is 7.99. The maximum Gasteiger partial charge on any atom is 0.137 e. The first-order valence-corrected chi connectivity index (χ1v) is 5.94. The highest BCUT2D eigenvalue weighted by Gasteiger charge is 2.00. The molecule has 0 spiro atoms. The minimum Gasteiger partial charge on any atom is -0.385 e. The Morgan fingerprint density at radius 1 is 1.47 bits per heavy atom. The Morgan fingerprint density at radius 3 is 3.27 bits per heavy atom. The molecule has 0 bridgehead atoms. The second-order valence-corrected chi connectivity index (χ2v) is 4.33. The average molecular weight is 222 g/mol. The summed E-state index contributed by atoms with van der Waals surface area (Å²) in [7, 11) is 1.74. The van der Waals surface area contributed by atoms with Crippen molar-refractivity contribution in [1.29, 1.82) is 0 Å². The van der Waals surface area contributed by atoms with Gasteiger partial charge in [-0.15, -0.1) is 11.8 Å². The Labute approximate surface area is 93.5 Å². The summed E-state index contributed by atoms with van der Waals surface area (Å²) in [5.74, 6) is 1.07. The molecule has 0 amide bonds. The van der Waals surface area contributed by atoms with E-state index in [4.69, 9.17) is 4.74 Å². The van der Waals surface area contributed by atoms with E-state index in [2.05, 4.69) is 15.5 Å². The van der Waals surface area contributed by atoms with Gasteiger partial charge in [-0.05, 0) is 18.6 Å². The van der Waals surface area contributed by atoms with Gasteiger partial charge in [-0.2, -0.15) is 0 Å². The molecule has 0 aliphatic carbocycles. The van der Waals surface area contributed by atoms with Crippen molar-refractivity contribution in [2.45, 2.75) is 11.4 Å². The molecule has 2 aromatic rings. The van der Waals surface area contributed by atoms with Gasteiger partial charge in [0.25, 0.3) is 0 Å². The van der Waals surface area contributed by atoms with Crippen molar-refractivity contribution >= 4 is 17.4 Å². The largest absolute Gasteiger partial charge is 0.385 e. The van der Waals surface area contributed by atoms with Crippen molar-refractivity contribution in [3.8, 4) is 0 Å². The van der Waals surface area contributed by atoms with Gasteiger partial charge in [0, 0.05) is 31.9 Å². The number of rotatable bonds is 5. The predicted octanol–water partition coefficient (Wildman–Crippen LogP) is 2.46. The van der Waals surface area contributed by atoms with Crippen LogP contribution >= 0.6 is 11.8 Å². The SMILES string of the molecule is COCCCSc1cccc2nccn12. The second-order valence-electron chi connectivity index (χ2n) is 3.21. The lowest BCUT2D eigenvalue weighted by molar-refractivity contribution is 0.200. The maximum atomic E-state index is 5.02. The van der Waals surface area contributed by atoms with Crippen LogP contribution in [-0.2, 0) is 4.74 Å². The van der Waals surface area contributed by atoms with Crippen molar-refractivity contribution in [2.75, 3.05) is 19.5 Å². The maximum absolute atomic E-state index is 5.02. The van der Waals surface area contributed by atoms with Gasteiger partial charge < -0.3 is 4.74 Å². The molecule has 0 N–H and O–H groups in total. The Bertz CT molecular complexity index is 427.